The number of carbonyl (C=O) groups is 2. The molecular formula is C24H33N9O2. The van der Waals surface area contributed by atoms with E-state index in [1.54, 1.807) is 19.3 Å². The minimum atomic E-state index is -0.392. The van der Waals surface area contributed by atoms with Gasteiger partial charge in [0.15, 0.2) is 6.29 Å². The van der Waals surface area contributed by atoms with E-state index >= 15 is 0 Å². The number of aryl methyl sites for hydroxylation is 1. The minimum Gasteiger partial charge on any atom is -0.396 e. The maximum absolute atomic E-state index is 13.2. The van der Waals surface area contributed by atoms with Gasteiger partial charge < -0.3 is 26.7 Å². The van der Waals surface area contributed by atoms with E-state index in [9.17, 15) is 9.59 Å². The zero-order valence-corrected chi connectivity index (χ0v) is 20.4. The van der Waals surface area contributed by atoms with Crippen molar-refractivity contribution >= 4 is 47.1 Å². The van der Waals surface area contributed by atoms with Gasteiger partial charge in [0.25, 0.3) is 0 Å². The number of hydrogen-bond acceptors (Lipinski definition) is 9. The second-order valence-electron chi connectivity index (χ2n) is 8.48. The van der Waals surface area contributed by atoms with Gasteiger partial charge in [-0.1, -0.05) is 0 Å². The van der Waals surface area contributed by atoms with Gasteiger partial charge in [-0.3, -0.25) is 15.0 Å². The van der Waals surface area contributed by atoms with Crippen LogP contribution < -0.4 is 26.6 Å². The molecule has 0 spiro atoms. The van der Waals surface area contributed by atoms with Gasteiger partial charge in [-0.25, -0.2) is 14.8 Å². The maximum atomic E-state index is 13.2. The van der Waals surface area contributed by atoms with Crippen molar-refractivity contribution in [3.05, 3.63) is 41.4 Å². The van der Waals surface area contributed by atoms with Crippen LogP contribution in [0.25, 0.3) is 5.57 Å². The van der Waals surface area contributed by atoms with E-state index in [0.29, 0.717) is 53.4 Å². The van der Waals surface area contributed by atoms with Crippen molar-refractivity contribution in [2.24, 2.45) is 0 Å². The predicted octanol–water partition coefficient (Wildman–Crippen LogP) is 2.43. The summed E-state index contributed by atoms with van der Waals surface area (Å²) in [7, 11) is 5.76. The maximum Gasteiger partial charge on any atom is 0.328 e. The summed E-state index contributed by atoms with van der Waals surface area (Å²) in [4.78, 5) is 37.3. The normalized spacial score (nSPS) is 13.3. The first kappa shape index (κ1) is 25.6. The predicted molar refractivity (Wildman–Crippen MR) is 140 cm³/mol. The number of amides is 2. The summed E-state index contributed by atoms with van der Waals surface area (Å²) in [5, 5.41) is 16.7. The van der Waals surface area contributed by atoms with Gasteiger partial charge in [0.2, 0.25) is 0 Å². The lowest BCUT2D eigenvalue weighted by Gasteiger charge is -2.29. The van der Waals surface area contributed by atoms with Gasteiger partial charge in [-0.05, 0) is 51.5 Å². The Morgan fingerprint density at radius 2 is 2.14 bits per heavy atom. The molecule has 186 valence electrons. The van der Waals surface area contributed by atoms with Crippen LogP contribution in [-0.4, -0.2) is 74.2 Å². The molecule has 0 aliphatic carbocycles. The average Bonchev–Trinajstić information content (AvgIpc) is 2.85. The van der Waals surface area contributed by atoms with Crippen molar-refractivity contribution in [3.63, 3.8) is 0 Å². The molecule has 0 unspecified atom stereocenters. The highest BCUT2D eigenvalue weighted by Crippen LogP contribution is 2.30. The number of urea groups is 1. The van der Waals surface area contributed by atoms with Crippen molar-refractivity contribution in [3.8, 4) is 0 Å². The number of hydrogen-bond donors (Lipinski definition) is 5. The third-order valence-corrected chi connectivity index (χ3v) is 5.58. The highest BCUT2D eigenvalue weighted by molar-refractivity contribution is 6.11. The van der Waals surface area contributed by atoms with Gasteiger partial charge >= 0.3 is 6.03 Å². The third-order valence-electron chi connectivity index (χ3n) is 5.58. The molecule has 0 aromatic carbocycles. The van der Waals surface area contributed by atoms with Crippen LogP contribution in [-0.2, 0) is 6.42 Å². The lowest BCUT2D eigenvalue weighted by Crippen LogP contribution is -2.39. The van der Waals surface area contributed by atoms with Gasteiger partial charge in [0, 0.05) is 49.8 Å². The number of pyridine rings is 2. The first-order valence-corrected chi connectivity index (χ1v) is 11.5. The van der Waals surface area contributed by atoms with Crippen molar-refractivity contribution in [1.29, 1.82) is 5.41 Å². The van der Waals surface area contributed by atoms with Crippen LogP contribution in [0.5, 0.6) is 0 Å². The Morgan fingerprint density at radius 1 is 1.34 bits per heavy atom. The number of fused-ring (bicyclic) bond motifs is 1. The Kier molecular flexibility index (Phi) is 8.74. The van der Waals surface area contributed by atoms with Crippen LogP contribution in [0.4, 0.5) is 27.8 Å². The van der Waals surface area contributed by atoms with E-state index < -0.39 is 6.03 Å². The van der Waals surface area contributed by atoms with E-state index in [4.69, 9.17) is 11.1 Å². The molecule has 2 aromatic rings. The Hall–Kier alpha value is -3.99. The summed E-state index contributed by atoms with van der Waals surface area (Å²) < 4.78 is 0. The molecule has 11 heteroatoms. The molecule has 1 aliphatic heterocycles. The van der Waals surface area contributed by atoms with E-state index in [1.807, 2.05) is 20.2 Å². The number of nitrogen functional groups attached to an aromatic ring is 1. The molecule has 0 fully saturated rings. The zero-order valence-electron chi connectivity index (χ0n) is 20.4. The van der Waals surface area contributed by atoms with Gasteiger partial charge in [0.05, 0.1) is 17.6 Å². The second kappa shape index (κ2) is 11.9. The molecular weight excluding hydrogens is 446 g/mol. The molecule has 0 radical (unpaired) electrons. The molecule has 0 saturated heterocycles. The molecule has 0 atom stereocenters. The molecule has 0 saturated carbocycles. The molecule has 2 amide bonds. The fourth-order valence-electron chi connectivity index (χ4n) is 3.86. The Bertz CT molecular complexity index is 1110. The van der Waals surface area contributed by atoms with Crippen LogP contribution in [0.1, 0.15) is 34.5 Å². The monoisotopic (exact) mass is 479 g/mol. The number of aldehydes is 1. The molecule has 11 nitrogen and oxygen atoms in total. The van der Waals surface area contributed by atoms with Crippen LogP contribution >= 0.6 is 0 Å². The fraction of sp³-hybridized carbons (Fsp3) is 0.375. The van der Waals surface area contributed by atoms with Crippen molar-refractivity contribution < 1.29 is 9.59 Å². The number of nitrogens with zero attached hydrogens (tertiary/aromatic N) is 4. The van der Waals surface area contributed by atoms with Crippen molar-refractivity contribution in [2.75, 3.05) is 62.0 Å². The lowest BCUT2D eigenvalue weighted by molar-refractivity contribution is 0.111. The molecule has 3 heterocycles. The zero-order chi connectivity index (χ0) is 25.4. The van der Waals surface area contributed by atoms with Crippen LogP contribution in [0.15, 0.2) is 24.5 Å². The Balaban J connectivity index is 1.81. The van der Waals surface area contributed by atoms with Crippen LogP contribution in [0, 0.1) is 5.41 Å². The lowest BCUT2D eigenvalue weighted by atomic mass is 9.98. The summed E-state index contributed by atoms with van der Waals surface area (Å²) >= 11 is 0. The highest BCUT2D eigenvalue weighted by Gasteiger charge is 2.26. The molecule has 6 N–H and O–H groups in total. The Labute approximate surface area is 205 Å². The van der Waals surface area contributed by atoms with Gasteiger partial charge in [0.1, 0.15) is 17.3 Å². The van der Waals surface area contributed by atoms with E-state index in [0.717, 1.165) is 31.5 Å². The number of carbonyl (C=O) groups excluding carboxylic acids is 2. The quantitative estimate of drug-likeness (QED) is 0.198. The number of nitrogens with one attached hydrogen (secondary N) is 4. The number of anilines is 4. The minimum absolute atomic E-state index is 0.170. The number of aromatic nitrogens is 2. The molecule has 1 aliphatic rings. The summed E-state index contributed by atoms with van der Waals surface area (Å²) in [6.45, 7) is 2.14. The summed E-state index contributed by atoms with van der Waals surface area (Å²) in [5.41, 5.74) is 9.34. The van der Waals surface area contributed by atoms with Crippen LogP contribution in [0.3, 0.4) is 0 Å². The molecule has 3 rings (SSSR count). The largest absolute Gasteiger partial charge is 0.396 e. The van der Waals surface area contributed by atoms with Crippen molar-refractivity contribution in [1.82, 2.24) is 20.2 Å². The van der Waals surface area contributed by atoms with Gasteiger partial charge in [-0.15, -0.1) is 0 Å². The number of rotatable bonds is 10. The first-order valence-electron chi connectivity index (χ1n) is 11.5. The highest BCUT2D eigenvalue weighted by atomic mass is 16.2. The molecule has 2 aromatic heterocycles. The SMILES string of the molecule is CN/C=C(\C=N)c1cc2c(nc1C=O)N(C(=O)Nc1cc(NCCCN(C)C)c(N)cn1)CCC2. The van der Waals surface area contributed by atoms with E-state index in [-0.39, 0.29) is 5.69 Å². The van der Waals surface area contributed by atoms with Crippen molar-refractivity contribution in [2.45, 2.75) is 19.3 Å². The Morgan fingerprint density at radius 3 is 2.83 bits per heavy atom. The standard InChI is InChI=1S/C24H33N9O2/c1-27-13-17(12-25)18-10-16-6-4-9-33(23(16)30-21(18)15-34)24(35)31-22-11-20(19(26)14-29-22)28-7-5-8-32(2)3/h10-15,25,27H,4-9,26H2,1-3H3,(H2,28,29,31,35)/b17-13+,25-12?. The summed E-state index contributed by atoms with van der Waals surface area (Å²) in [6.07, 6.45) is 7.35. The number of allylic oxidation sites excluding steroid dienone is 1. The number of nitrogens with two attached hydrogens (primary N) is 1. The summed E-state index contributed by atoms with van der Waals surface area (Å²) in [5.74, 6) is 0.799. The second-order valence-corrected chi connectivity index (χ2v) is 8.48. The summed E-state index contributed by atoms with van der Waals surface area (Å²) in [6, 6.07) is 3.15. The first-order chi connectivity index (χ1) is 16.9. The smallest absolute Gasteiger partial charge is 0.328 e. The van der Waals surface area contributed by atoms with E-state index in [1.165, 1.54) is 17.3 Å². The van der Waals surface area contributed by atoms with E-state index in [2.05, 4.69) is 30.8 Å². The topological polar surface area (TPSA) is 152 Å². The molecule has 35 heavy (non-hydrogen) atoms. The van der Waals surface area contributed by atoms with Gasteiger partial charge in [-0.2, -0.15) is 0 Å². The van der Waals surface area contributed by atoms with Crippen LogP contribution in [0.2, 0.25) is 0 Å². The molecule has 0 bridgehead atoms. The fourth-order valence-corrected chi connectivity index (χ4v) is 3.86. The third kappa shape index (κ3) is 6.33. The average molecular weight is 480 g/mol.